The molecule has 7 nitrogen and oxygen atoms in total. The molecule has 2 N–H and O–H groups in total. The van der Waals surface area contributed by atoms with Crippen molar-refractivity contribution >= 4 is 17.8 Å². The third-order valence-corrected chi connectivity index (χ3v) is 5.32. The van der Waals surface area contributed by atoms with Gasteiger partial charge >= 0.3 is 5.97 Å². The van der Waals surface area contributed by atoms with Gasteiger partial charge in [0.1, 0.15) is 6.04 Å². The number of aromatic nitrogens is 1. The van der Waals surface area contributed by atoms with Crippen LogP contribution < -0.4 is 5.32 Å². The summed E-state index contributed by atoms with van der Waals surface area (Å²) in [4.78, 5) is 43.4. The second-order valence-electron chi connectivity index (χ2n) is 8.19. The maximum absolute atomic E-state index is 13.4. The molecule has 0 saturated heterocycles. The van der Waals surface area contributed by atoms with E-state index in [4.69, 9.17) is 0 Å². The van der Waals surface area contributed by atoms with Crippen molar-refractivity contribution in [2.45, 2.75) is 65.0 Å². The fourth-order valence-electron chi connectivity index (χ4n) is 3.62. The number of carbonyl (C=O) groups excluding carboxylic acids is 2. The van der Waals surface area contributed by atoms with E-state index >= 15 is 0 Å². The van der Waals surface area contributed by atoms with E-state index in [0.29, 0.717) is 19.5 Å². The Morgan fingerprint density at radius 1 is 1.27 bits per heavy atom. The van der Waals surface area contributed by atoms with E-state index in [2.05, 4.69) is 22.5 Å². The number of rotatable bonds is 5. The van der Waals surface area contributed by atoms with Gasteiger partial charge in [-0.05, 0) is 49.7 Å². The minimum absolute atomic E-state index is 0.115. The number of amides is 2. The van der Waals surface area contributed by atoms with Gasteiger partial charge < -0.3 is 15.3 Å². The Hall–Kier alpha value is -2.70. The van der Waals surface area contributed by atoms with E-state index in [1.54, 1.807) is 17.3 Å². The Morgan fingerprint density at radius 3 is 2.63 bits per heavy atom. The summed E-state index contributed by atoms with van der Waals surface area (Å²) < 4.78 is 0. The van der Waals surface area contributed by atoms with Gasteiger partial charge in [-0.2, -0.15) is 0 Å². The first kappa shape index (κ1) is 23.6. The smallest absolute Gasteiger partial charge is 0.304 e. The van der Waals surface area contributed by atoms with Gasteiger partial charge in [0.05, 0.1) is 6.42 Å². The average molecular weight is 416 g/mol. The summed E-state index contributed by atoms with van der Waals surface area (Å²) in [5.74, 6) is -2.25. The fraction of sp³-hybridized carbons (Fsp3) is 0.565. The lowest BCUT2D eigenvalue weighted by Gasteiger charge is -2.31. The Bertz CT molecular complexity index is 733. The maximum Gasteiger partial charge on any atom is 0.304 e. The van der Waals surface area contributed by atoms with Crippen LogP contribution in [-0.2, 0) is 20.9 Å². The van der Waals surface area contributed by atoms with E-state index in [1.807, 2.05) is 26.0 Å². The molecule has 7 heteroatoms. The molecule has 0 spiro atoms. The summed E-state index contributed by atoms with van der Waals surface area (Å²) in [6, 6.07) is 3.08. The molecule has 2 heterocycles. The molecule has 0 aromatic carbocycles. The van der Waals surface area contributed by atoms with Gasteiger partial charge in [0.15, 0.2) is 0 Å². The van der Waals surface area contributed by atoms with Gasteiger partial charge in [-0.25, -0.2) is 0 Å². The zero-order valence-corrected chi connectivity index (χ0v) is 17.9. The molecule has 1 aromatic rings. The van der Waals surface area contributed by atoms with Crippen LogP contribution in [0.2, 0.25) is 0 Å². The molecule has 0 fully saturated rings. The summed E-state index contributed by atoms with van der Waals surface area (Å²) >= 11 is 0. The average Bonchev–Trinajstić information content (AvgIpc) is 2.71. The zero-order valence-electron chi connectivity index (χ0n) is 17.9. The molecule has 1 aliphatic heterocycles. The van der Waals surface area contributed by atoms with Crippen molar-refractivity contribution in [2.75, 3.05) is 6.54 Å². The molecular formula is C23H33N3O4. The highest BCUT2D eigenvalue weighted by Gasteiger charge is 2.31. The summed E-state index contributed by atoms with van der Waals surface area (Å²) in [5.41, 5.74) is 0.931. The van der Waals surface area contributed by atoms with Crippen molar-refractivity contribution in [3.63, 3.8) is 0 Å². The van der Waals surface area contributed by atoms with Crippen molar-refractivity contribution in [3.05, 3.63) is 42.2 Å². The molecule has 2 rings (SSSR count). The third-order valence-electron chi connectivity index (χ3n) is 5.32. The second-order valence-corrected chi connectivity index (χ2v) is 8.19. The number of nitrogens with one attached hydrogen (secondary N) is 1. The first-order chi connectivity index (χ1) is 14.4. The van der Waals surface area contributed by atoms with Crippen LogP contribution in [0.3, 0.4) is 0 Å². The number of allylic oxidation sites excluding steroid dienone is 2. The summed E-state index contributed by atoms with van der Waals surface area (Å²) in [7, 11) is 0. The molecule has 2 atom stereocenters. The summed E-state index contributed by atoms with van der Waals surface area (Å²) in [6.07, 6.45) is 11.1. The van der Waals surface area contributed by atoms with Crippen molar-refractivity contribution in [1.82, 2.24) is 15.2 Å². The molecule has 1 aliphatic rings. The lowest BCUT2D eigenvalue weighted by molar-refractivity contribution is -0.143. The SMILES string of the molecule is CC(C)C1NC(=O)C(CC(=O)O)CCCC=CCCCN(Cc2cccnc2)C1=O. The molecule has 2 unspecified atom stereocenters. The highest BCUT2D eigenvalue weighted by atomic mass is 16.4. The van der Waals surface area contributed by atoms with Crippen LogP contribution in [0.4, 0.5) is 0 Å². The number of carboxylic acid groups (broad SMARTS) is 1. The van der Waals surface area contributed by atoms with Crippen LogP contribution in [0.5, 0.6) is 0 Å². The number of pyridine rings is 1. The molecule has 1 aromatic heterocycles. The zero-order chi connectivity index (χ0) is 21.9. The van der Waals surface area contributed by atoms with E-state index < -0.39 is 17.9 Å². The van der Waals surface area contributed by atoms with Crippen LogP contribution in [0, 0.1) is 11.8 Å². The van der Waals surface area contributed by atoms with Gasteiger partial charge in [0.25, 0.3) is 0 Å². The quantitative estimate of drug-likeness (QED) is 0.720. The van der Waals surface area contributed by atoms with Crippen molar-refractivity contribution in [3.8, 4) is 0 Å². The van der Waals surface area contributed by atoms with Crippen LogP contribution in [0.25, 0.3) is 0 Å². The molecule has 164 valence electrons. The van der Waals surface area contributed by atoms with Crippen molar-refractivity contribution < 1.29 is 19.5 Å². The highest BCUT2D eigenvalue weighted by molar-refractivity contribution is 5.90. The Kier molecular flexibility index (Phi) is 9.51. The lowest BCUT2D eigenvalue weighted by Crippen LogP contribution is -2.52. The first-order valence-electron chi connectivity index (χ1n) is 10.7. The summed E-state index contributed by atoms with van der Waals surface area (Å²) in [6.45, 7) is 4.79. The molecular weight excluding hydrogens is 382 g/mol. The standard InChI is InChI=1S/C23H33N3O4/c1-17(2)21-23(30)26(16-18-10-9-12-24-15-18)13-8-6-4-3-5-7-11-19(14-20(27)28)22(29)25-21/h3-4,9-10,12,15,17,19,21H,5-8,11,13-14,16H2,1-2H3,(H,25,29)(H,27,28). The molecule has 2 amide bonds. The van der Waals surface area contributed by atoms with Gasteiger partial charge in [0, 0.05) is 31.4 Å². The van der Waals surface area contributed by atoms with Crippen LogP contribution >= 0.6 is 0 Å². The topological polar surface area (TPSA) is 99.6 Å². The van der Waals surface area contributed by atoms with E-state index in [-0.39, 0.29) is 24.2 Å². The fourth-order valence-corrected chi connectivity index (χ4v) is 3.62. The number of nitrogens with zero attached hydrogens (tertiary/aromatic N) is 2. The predicted molar refractivity (Wildman–Crippen MR) is 114 cm³/mol. The number of carboxylic acids is 1. The number of carbonyl (C=O) groups is 3. The Labute approximate surface area is 178 Å². The first-order valence-corrected chi connectivity index (χ1v) is 10.7. The van der Waals surface area contributed by atoms with Crippen LogP contribution in [0.1, 0.15) is 57.9 Å². The third kappa shape index (κ3) is 7.61. The summed E-state index contributed by atoms with van der Waals surface area (Å²) in [5, 5.41) is 12.1. The number of hydrogen-bond donors (Lipinski definition) is 2. The molecule has 30 heavy (non-hydrogen) atoms. The number of aliphatic carboxylic acids is 1. The normalized spacial score (nSPS) is 21.9. The van der Waals surface area contributed by atoms with Gasteiger partial charge in [0.2, 0.25) is 11.8 Å². The number of hydrogen-bond acceptors (Lipinski definition) is 4. The monoisotopic (exact) mass is 415 g/mol. The molecule has 0 saturated carbocycles. The minimum atomic E-state index is -1.00. The minimum Gasteiger partial charge on any atom is -0.481 e. The van der Waals surface area contributed by atoms with E-state index in [1.165, 1.54) is 0 Å². The van der Waals surface area contributed by atoms with Crippen LogP contribution in [-0.4, -0.2) is 45.4 Å². The Morgan fingerprint density at radius 2 is 2.00 bits per heavy atom. The largest absolute Gasteiger partial charge is 0.481 e. The van der Waals surface area contributed by atoms with Crippen LogP contribution in [0.15, 0.2) is 36.7 Å². The van der Waals surface area contributed by atoms with Crippen molar-refractivity contribution in [1.29, 1.82) is 0 Å². The lowest BCUT2D eigenvalue weighted by atomic mass is 9.95. The second kappa shape index (κ2) is 12.1. The van der Waals surface area contributed by atoms with Gasteiger partial charge in [-0.3, -0.25) is 19.4 Å². The highest BCUT2D eigenvalue weighted by Crippen LogP contribution is 2.18. The maximum atomic E-state index is 13.4. The van der Waals surface area contributed by atoms with Gasteiger partial charge in [-0.1, -0.05) is 32.1 Å². The molecule has 0 radical (unpaired) electrons. The Balaban J connectivity index is 2.26. The van der Waals surface area contributed by atoms with Crippen molar-refractivity contribution in [2.24, 2.45) is 11.8 Å². The van der Waals surface area contributed by atoms with Gasteiger partial charge in [-0.15, -0.1) is 0 Å². The molecule has 0 bridgehead atoms. The van der Waals surface area contributed by atoms with E-state index in [9.17, 15) is 19.5 Å². The molecule has 0 aliphatic carbocycles. The predicted octanol–water partition coefficient (Wildman–Crippen LogP) is 3.16. The van der Waals surface area contributed by atoms with E-state index in [0.717, 1.165) is 31.2 Å².